The second kappa shape index (κ2) is 6.33. The molecule has 0 aromatic heterocycles. The maximum atomic E-state index is 10.9. The monoisotopic (exact) mass is 302 g/mol. The molecule has 21 heavy (non-hydrogen) atoms. The molecule has 0 aliphatic heterocycles. The third kappa shape index (κ3) is 3.12. The zero-order valence-corrected chi connectivity index (χ0v) is 14.0. The van der Waals surface area contributed by atoms with Gasteiger partial charge in [0.1, 0.15) is 8.07 Å². The molecule has 2 aromatic rings. The summed E-state index contributed by atoms with van der Waals surface area (Å²) >= 11 is 0. The van der Waals surface area contributed by atoms with Crippen LogP contribution in [0.5, 0.6) is 11.5 Å². The molecule has 0 spiro atoms. The number of methoxy groups -OCH3 is 2. The summed E-state index contributed by atoms with van der Waals surface area (Å²) in [5, 5.41) is 12.1. The van der Waals surface area contributed by atoms with Crippen LogP contribution >= 0.6 is 0 Å². The Morgan fingerprint density at radius 1 is 0.905 bits per heavy atom. The fourth-order valence-electron chi connectivity index (χ4n) is 2.47. The van der Waals surface area contributed by atoms with E-state index in [1.807, 2.05) is 36.4 Å². The molecule has 0 heterocycles. The van der Waals surface area contributed by atoms with Gasteiger partial charge in [-0.25, -0.2) is 0 Å². The quantitative estimate of drug-likeness (QED) is 0.863. The first-order valence-corrected chi connectivity index (χ1v) is 10.0. The predicted molar refractivity (Wildman–Crippen MR) is 88.1 cm³/mol. The standard InChI is InChI=1S/C17H22O3Si/c1-19-15-11-10-13(12-16(15)20-2)17(18)21(3,4)14-8-6-5-7-9-14/h5-12,17-18H,1-4H3/t17-/m1/s1. The van der Waals surface area contributed by atoms with Crippen molar-refractivity contribution in [3.8, 4) is 11.5 Å². The fraction of sp³-hybridized carbons (Fsp3) is 0.294. The molecule has 0 radical (unpaired) electrons. The van der Waals surface area contributed by atoms with Gasteiger partial charge in [-0.05, 0) is 17.7 Å². The van der Waals surface area contributed by atoms with E-state index in [-0.39, 0.29) is 0 Å². The third-order valence-corrected chi connectivity index (χ3v) is 7.45. The number of hydrogen-bond donors (Lipinski definition) is 1. The number of aliphatic hydroxyl groups is 1. The molecule has 1 atom stereocenters. The van der Waals surface area contributed by atoms with Crippen molar-refractivity contribution < 1.29 is 14.6 Å². The Bertz CT molecular complexity index is 596. The molecule has 112 valence electrons. The molecule has 0 aliphatic rings. The van der Waals surface area contributed by atoms with Crippen molar-refractivity contribution in [2.75, 3.05) is 14.2 Å². The molecule has 0 saturated heterocycles. The summed E-state index contributed by atoms with van der Waals surface area (Å²) in [6.07, 6.45) is 0. The molecule has 2 aromatic carbocycles. The highest BCUT2D eigenvalue weighted by Gasteiger charge is 2.33. The second-order valence-electron chi connectivity index (χ2n) is 5.60. The van der Waals surface area contributed by atoms with E-state index in [4.69, 9.17) is 9.47 Å². The highest BCUT2D eigenvalue weighted by atomic mass is 28.3. The first-order valence-electron chi connectivity index (χ1n) is 6.96. The Balaban J connectivity index is 2.37. The first kappa shape index (κ1) is 15.6. The van der Waals surface area contributed by atoms with Crippen LogP contribution in [0.15, 0.2) is 48.5 Å². The molecular formula is C17H22O3Si. The minimum atomic E-state index is -2.03. The van der Waals surface area contributed by atoms with E-state index in [1.54, 1.807) is 14.2 Å². The number of rotatable bonds is 5. The Labute approximate surface area is 127 Å². The number of ether oxygens (including phenoxy) is 2. The molecule has 0 fully saturated rings. The molecule has 0 amide bonds. The average molecular weight is 302 g/mol. The maximum Gasteiger partial charge on any atom is 0.161 e. The van der Waals surface area contributed by atoms with Gasteiger partial charge in [-0.15, -0.1) is 0 Å². The van der Waals surface area contributed by atoms with Crippen molar-refractivity contribution in [3.63, 3.8) is 0 Å². The number of benzene rings is 2. The summed E-state index contributed by atoms with van der Waals surface area (Å²) in [4.78, 5) is 0. The molecule has 1 N–H and O–H groups in total. The second-order valence-corrected chi connectivity index (χ2v) is 10.2. The van der Waals surface area contributed by atoms with Crippen LogP contribution in [0.25, 0.3) is 0 Å². The zero-order valence-electron chi connectivity index (χ0n) is 13.0. The minimum Gasteiger partial charge on any atom is -0.493 e. The Morgan fingerprint density at radius 2 is 1.52 bits per heavy atom. The van der Waals surface area contributed by atoms with Crippen LogP contribution in [0.1, 0.15) is 11.3 Å². The maximum absolute atomic E-state index is 10.9. The first-order chi connectivity index (χ1) is 10.0. The average Bonchev–Trinajstić information content (AvgIpc) is 2.54. The lowest BCUT2D eigenvalue weighted by Gasteiger charge is -2.29. The summed E-state index contributed by atoms with van der Waals surface area (Å²) in [5.74, 6) is 1.32. The zero-order chi connectivity index (χ0) is 15.5. The smallest absolute Gasteiger partial charge is 0.161 e. The normalized spacial score (nSPS) is 12.8. The van der Waals surface area contributed by atoms with E-state index in [2.05, 4.69) is 25.2 Å². The fourth-order valence-corrected chi connectivity index (χ4v) is 4.85. The molecule has 0 unspecified atom stereocenters. The van der Waals surface area contributed by atoms with Crippen LogP contribution in [0.2, 0.25) is 13.1 Å². The van der Waals surface area contributed by atoms with Gasteiger partial charge < -0.3 is 14.6 Å². The minimum absolute atomic E-state index is 0.500. The summed E-state index contributed by atoms with van der Waals surface area (Å²) in [6.45, 7) is 4.34. The van der Waals surface area contributed by atoms with E-state index in [0.717, 1.165) is 5.56 Å². The van der Waals surface area contributed by atoms with Crippen molar-refractivity contribution in [2.45, 2.75) is 18.8 Å². The van der Waals surface area contributed by atoms with Crippen molar-refractivity contribution >= 4 is 13.3 Å². The Morgan fingerprint density at radius 3 is 2.10 bits per heavy atom. The highest BCUT2D eigenvalue weighted by Crippen LogP contribution is 2.32. The topological polar surface area (TPSA) is 38.7 Å². The summed E-state index contributed by atoms with van der Waals surface area (Å²) in [5.41, 5.74) is 0.368. The third-order valence-electron chi connectivity index (χ3n) is 3.92. The lowest BCUT2D eigenvalue weighted by atomic mass is 10.2. The van der Waals surface area contributed by atoms with Gasteiger partial charge in [-0.3, -0.25) is 0 Å². The van der Waals surface area contributed by atoms with Crippen LogP contribution in [0.3, 0.4) is 0 Å². The summed E-state index contributed by atoms with van der Waals surface area (Å²) in [6, 6.07) is 15.8. The molecule has 2 rings (SSSR count). The van der Waals surface area contributed by atoms with E-state index in [1.165, 1.54) is 5.19 Å². The van der Waals surface area contributed by atoms with Gasteiger partial charge in [0.25, 0.3) is 0 Å². The lowest BCUT2D eigenvalue weighted by molar-refractivity contribution is 0.250. The molecule has 0 aliphatic carbocycles. The van der Waals surface area contributed by atoms with Gasteiger partial charge in [0.15, 0.2) is 11.5 Å². The van der Waals surface area contributed by atoms with Crippen molar-refractivity contribution in [2.24, 2.45) is 0 Å². The van der Waals surface area contributed by atoms with E-state index in [9.17, 15) is 5.11 Å². The van der Waals surface area contributed by atoms with Gasteiger partial charge in [-0.2, -0.15) is 0 Å². The number of aliphatic hydroxyl groups excluding tert-OH is 1. The Hall–Kier alpha value is -1.78. The van der Waals surface area contributed by atoms with E-state index in [0.29, 0.717) is 11.5 Å². The van der Waals surface area contributed by atoms with Crippen molar-refractivity contribution in [3.05, 3.63) is 54.1 Å². The van der Waals surface area contributed by atoms with Gasteiger partial charge in [-0.1, -0.05) is 54.7 Å². The van der Waals surface area contributed by atoms with Gasteiger partial charge >= 0.3 is 0 Å². The molecule has 4 heteroatoms. The largest absolute Gasteiger partial charge is 0.493 e. The van der Waals surface area contributed by atoms with E-state index < -0.39 is 13.8 Å². The van der Waals surface area contributed by atoms with Crippen molar-refractivity contribution in [1.29, 1.82) is 0 Å². The van der Waals surface area contributed by atoms with Crippen LogP contribution < -0.4 is 14.7 Å². The van der Waals surface area contributed by atoms with Gasteiger partial charge in [0.05, 0.1) is 19.9 Å². The molecule has 3 nitrogen and oxygen atoms in total. The van der Waals surface area contributed by atoms with Gasteiger partial charge in [0, 0.05) is 0 Å². The van der Waals surface area contributed by atoms with Crippen LogP contribution in [0, 0.1) is 0 Å². The van der Waals surface area contributed by atoms with Crippen LogP contribution in [-0.2, 0) is 0 Å². The SMILES string of the molecule is COc1ccc([C@H](O)[Si](C)(C)c2ccccc2)cc1OC. The van der Waals surface area contributed by atoms with Gasteiger partial charge in [0.2, 0.25) is 0 Å². The Kier molecular flexibility index (Phi) is 4.70. The number of hydrogen-bond acceptors (Lipinski definition) is 3. The van der Waals surface area contributed by atoms with Crippen LogP contribution in [0.4, 0.5) is 0 Å². The van der Waals surface area contributed by atoms with Crippen molar-refractivity contribution in [1.82, 2.24) is 0 Å². The van der Waals surface area contributed by atoms with E-state index >= 15 is 0 Å². The predicted octanol–water partition coefficient (Wildman–Crippen LogP) is 2.89. The molecule has 0 saturated carbocycles. The highest BCUT2D eigenvalue weighted by molar-refractivity contribution is 6.90. The summed E-state index contributed by atoms with van der Waals surface area (Å²) < 4.78 is 10.6. The summed E-state index contributed by atoms with van der Waals surface area (Å²) in [7, 11) is 1.18. The molecule has 0 bridgehead atoms. The van der Waals surface area contributed by atoms with Crippen LogP contribution in [-0.4, -0.2) is 27.4 Å². The lowest BCUT2D eigenvalue weighted by Crippen LogP contribution is -2.47. The molecular weight excluding hydrogens is 280 g/mol.